The van der Waals surface area contributed by atoms with Gasteiger partial charge in [-0.2, -0.15) is 0 Å². The summed E-state index contributed by atoms with van der Waals surface area (Å²) in [7, 11) is -3.37. The number of benzene rings is 1. The van der Waals surface area contributed by atoms with Gasteiger partial charge >= 0.3 is 0 Å². The molecule has 0 aromatic heterocycles. The average Bonchev–Trinajstić information content (AvgIpc) is 2.29. The zero-order valence-corrected chi connectivity index (χ0v) is 12.8. The van der Waals surface area contributed by atoms with Crippen LogP contribution in [-0.4, -0.2) is 33.2 Å². The molecule has 0 aliphatic carbocycles. The number of hydrogen-bond donors (Lipinski definition) is 3. The van der Waals surface area contributed by atoms with Gasteiger partial charge in [-0.3, -0.25) is 9.52 Å². The minimum Gasteiger partial charge on any atom is -0.352 e. The molecule has 1 aromatic carbocycles. The molecule has 1 aromatic rings. The Balaban J connectivity index is 2.81. The summed E-state index contributed by atoms with van der Waals surface area (Å²) in [6.07, 6.45) is 1.76. The number of amides is 1. The number of nitrogens with two attached hydrogens (primary N) is 1. The third-order valence-corrected chi connectivity index (χ3v) is 3.27. The lowest BCUT2D eigenvalue weighted by Gasteiger charge is -2.11. The molecule has 1 rings (SSSR count). The van der Waals surface area contributed by atoms with Crippen molar-refractivity contribution in [1.29, 1.82) is 0 Å². The van der Waals surface area contributed by atoms with Gasteiger partial charge in [0.15, 0.2) is 0 Å². The molecular formula is C13H21N3O3S. The van der Waals surface area contributed by atoms with E-state index in [1.54, 1.807) is 19.1 Å². The Morgan fingerprint density at radius 2 is 2.05 bits per heavy atom. The van der Waals surface area contributed by atoms with E-state index in [1.165, 1.54) is 6.07 Å². The fourth-order valence-corrected chi connectivity index (χ4v) is 2.21. The molecule has 1 atom stereocenters. The van der Waals surface area contributed by atoms with Crippen LogP contribution in [0.4, 0.5) is 5.69 Å². The molecule has 0 aliphatic rings. The van der Waals surface area contributed by atoms with Crippen LogP contribution < -0.4 is 15.8 Å². The predicted molar refractivity (Wildman–Crippen MR) is 80.2 cm³/mol. The minimum absolute atomic E-state index is 0.0239. The SMILES string of the molecule is Cc1ccc(C(=O)NCCC(C)N)cc1NS(C)(=O)=O. The zero-order chi connectivity index (χ0) is 15.3. The first kappa shape index (κ1) is 16.5. The smallest absolute Gasteiger partial charge is 0.251 e. The Labute approximate surface area is 119 Å². The molecule has 0 bridgehead atoms. The second kappa shape index (κ2) is 6.71. The number of hydrogen-bond acceptors (Lipinski definition) is 4. The summed E-state index contributed by atoms with van der Waals surface area (Å²) in [5.41, 5.74) is 7.17. The number of nitrogens with one attached hydrogen (secondary N) is 2. The first-order valence-electron chi connectivity index (χ1n) is 6.31. The molecule has 1 amide bonds. The fraction of sp³-hybridized carbons (Fsp3) is 0.462. The van der Waals surface area contributed by atoms with Gasteiger partial charge in [0, 0.05) is 18.2 Å². The van der Waals surface area contributed by atoms with Crippen LogP contribution in [0.25, 0.3) is 0 Å². The Morgan fingerprint density at radius 3 is 2.60 bits per heavy atom. The highest BCUT2D eigenvalue weighted by Crippen LogP contribution is 2.18. The molecule has 1 unspecified atom stereocenters. The molecule has 0 saturated heterocycles. The molecule has 0 fully saturated rings. The van der Waals surface area contributed by atoms with Gasteiger partial charge in [-0.1, -0.05) is 6.07 Å². The number of carbonyl (C=O) groups is 1. The number of sulfonamides is 1. The second-order valence-corrected chi connectivity index (χ2v) is 6.67. The number of anilines is 1. The van der Waals surface area contributed by atoms with E-state index in [1.807, 2.05) is 6.92 Å². The van der Waals surface area contributed by atoms with Crippen LogP contribution in [0.2, 0.25) is 0 Å². The van der Waals surface area contributed by atoms with Crippen molar-refractivity contribution in [2.75, 3.05) is 17.5 Å². The van der Waals surface area contributed by atoms with Gasteiger partial charge in [0.25, 0.3) is 5.91 Å². The lowest BCUT2D eigenvalue weighted by molar-refractivity contribution is 0.0953. The molecule has 0 saturated carbocycles. The van der Waals surface area contributed by atoms with Crippen molar-refractivity contribution in [2.24, 2.45) is 5.73 Å². The Hall–Kier alpha value is -1.60. The molecule has 7 heteroatoms. The number of rotatable bonds is 6. The van der Waals surface area contributed by atoms with Crippen LogP contribution in [-0.2, 0) is 10.0 Å². The highest BCUT2D eigenvalue weighted by molar-refractivity contribution is 7.92. The van der Waals surface area contributed by atoms with Crippen LogP contribution >= 0.6 is 0 Å². The monoisotopic (exact) mass is 299 g/mol. The molecule has 0 radical (unpaired) electrons. The summed E-state index contributed by atoms with van der Waals surface area (Å²) in [4.78, 5) is 11.9. The third-order valence-electron chi connectivity index (χ3n) is 2.68. The zero-order valence-electron chi connectivity index (χ0n) is 11.9. The maximum Gasteiger partial charge on any atom is 0.251 e. The van der Waals surface area contributed by atoms with Gasteiger partial charge in [0.1, 0.15) is 0 Å². The summed E-state index contributed by atoms with van der Waals surface area (Å²) in [5, 5.41) is 2.74. The molecule has 0 spiro atoms. The third kappa shape index (κ3) is 5.58. The molecule has 0 aliphatic heterocycles. The largest absolute Gasteiger partial charge is 0.352 e. The topological polar surface area (TPSA) is 101 Å². The van der Waals surface area contributed by atoms with Gasteiger partial charge in [0.2, 0.25) is 10.0 Å². The fourth-order valence-electron chi connectivity index (χ4n) is 1.59. The number of carbonyl (C=O) groups excluding carboxylic acids is 1. The van der Waals surface area contributed by atoms with Crippen LogP contribution in [0, 0.1) is 6.92 Å². The summed E-state index contributed by atoms with van der Waals surface area (Å²) in [6, 6.07) is 4.91. The van der Waals surface area contributed by atoms with E-state index < -0.39 is 10.0 Å². The summed E-state index contributed by atoms with van der Waals surface area (Å²) >= 11 is 0. The van der Waals surface area contributed by atoms with Crippen molar-refractivity contribution in [1.82, 2.24) is 5.32 Å². The first-order chi connectivity index (χ1) is 9.19. The number of aryl methyl sites for hydroxylation is 1. The van der Waals surface area contributed by atoms with E-state index in [4.69, 9.17) is 5.73 Å². The van der Waals surface area contributed by atoms with Crippen LogP contribution in [0.5, 0.6) is 0 Å². The Morgan fingerprint density at radius 1 is 1.40 bits per heavy atom. The lowest BCUT2D eigenvalue weighted by atomic mass is 10.1. The van der Waals surface area contributed by atoms with Crippen molar-refractivity contribution in [3.63, 3.8) is 0 Å². The van der Waals surface area contributed by atoms with Gasteiger partial charge in [-0.15, -0.1) is 0 Å². The van der Waals surface area contributed by atoms with Crippen molar-refractivity contribution in [3.05, 3.63) is 29.3 Å². The lowest BCUT2D eigenvalue weighted by Crippen LogP contribution is -2.29. The molecular weight excluding hydrogens is 278 g/mol. The summed E-state index contributed by atoms with van der Waals surface area (Å²) in [6.45, 7) is 4.12. The second-order valence-electron chi connectivity index (χ2n) is 4.93. The van der Waals surface area contributed by atoms with Crippen LogP contribution in [0.15, 0.2) is 18.2 Å². The highest BCUT2D eigenvalue weighted by atomic mass is 32.2. The summed E-state index contributed by atoms with van der Waals surface area (Å²) in [5.74, 6) is -0.248. The molecule has 112 valence electrons. The van der Waals surface area contributed by atoms with E-state index in [2.05, 4.69) is 10.0 Å². The Kier molecular flexibility index (Phi) is 5.52. The van der Waals surface area contributed by atoms with E-state index in [0.29, 0.717) is 24.2 Å². The van der Waals surface area contributed by atoms with Gasteiger partial charge in [0.05, 0.1) is 11.9 Å². The molecule has 6 nitrogen and oxygen atoms in total. The van der Waals surface area contributed by atoms with Crippen molar-refractivity contribution < 1.29 is 13.2 Å². The molecule has 0 heterocycles. The van der Waals surface area contributed by atoms with E-state index in [9.17, 15) is 13.2 Å². The van der Waals surface area contributed by atoms with Crippen molar-refractivity contribution in [3.8, 4) is 0 Å². The molecule has 4 N–H and O–H groups in total. The first-order valence-corrected chi connectivity index (χ1v) is 8.20. The van der Waals surface area contributed by atoms with E-state index in [0.717, 1.165) is 11.8 Å². The van der Waals surface area contributed by atoms with Gasteiger partial charge in [-0.25, -0.2) is 8.42 Å². The standard InChI is InChI=1S/C13H21N3O3S/c1-9-4-5-11(8-12(9)16-20(3,18)19)13(17)15-7-6-10(2)14/h4-5,8,10,16H,6-7,14H2,1-3H3,(H,15,17). The maximum absolute atomic E-state index is 11.9. The predicted octanol–water partition coefficient (Wildman–Crippen LogP) is 0.834. The van der Waals surface area contributed by atoms with E-state index >= 15 is 0 Å². The molecule has 20 heavy (non-hydrogen) atoms. The van der Waals surface area contributed by atoms with Crippen LogP contribution in [0.3, 0.4) is 0 Å². The quantitative estimate of drug-likeness (QED) is 0.724. The normalized spacial score (nSPS) is 12.8. The van der Waals surface area contributed by atoms with E-state index in [-0.39, 0.29) is 11.9 Å². The van der Waals surface area contributed by atoms with Gasteiger partial charge in [-0.05, 0) is 38.0 Å². The summed E-state index contributed by atoms with van der Waals surface area (Å²) < 4.78 is 24.9. The average molecular weight is 299 g/mol. The highest BCUT2D eigenvalue weighted by Gasteiger charge is 2.10. The van der Waals surface area contributed by atoms with Crippen LogP contribution in [0.1, 0.15) is 29.3 Å². The minimum atomic E-state index is -3.37. The Bertz CT molecular complexity index is 583. The maximum atomic E-state index is 11.9. The van der Waals surface area contributed by atoms with Crippen molar-refractivity contribution >= 4 is 21.6 Å². The van der Waals surface area contributed by atoms with Crippen molar-refractivity contribution in [2.45, 2.75) is 26.3 Å². The van der Waals surface area contributed by atoms with Gasteiger partial charge < -0.3 is 11.1 Å².